The van der Waals surface area contributed by atoms with Gasteiger partial charge in [-0.1, -0.05) is 13.8 Å². The van der Waals surface area contributed by atoms with E-state index in [0.717, 1.165) is 6.54 Å². The summed E-state index contributed by atoms with van der Waals surface area (Å²) in [4.78, 5) is 13.4. The van der Waals surface area contributed by atoms with E-state index in [-0.39, 0.29) is 6.04 Å². The third-order valence-corrected chi connectivity index (χ3v) is 3.29. The predicted octanol–water partition coefficient (Wildman–Crippen LogP) is 1.84. The fourth-order valence-electron chi connectivity index (χ4n) is 1.70. The Bertz CT molecular complexity index is 220. The number of carboxylic acid groups (broad SMARTS) is 1. The van der Waals surface area contributed by atoms with Gasteiger partial charge >= 0.3 is 5.97 Å². The molecule has 0 bridgehead atoms. The number of hydrogen-bond donors (Lipinski definition) is 1. The van der Waals surface area contributed by atoms with Crippen LogP contribution in [0, 0.1) is 5.41 Å². The normalized spacial score (nSPS) is 17.1. The Labute approximate surface area is 98.6 Å². The maximum atomic E-state index is 11.2. The second kappa shape index (κ2) is 6.86. The molecule has 16 heavy (non-hydrogen) atoms. The second-order valence-corrected chi connectivity index (χ2v) is 4.59. The van der Waals surface area contributed by atoms with E-state index in [1.807, 2.05) is 13.8 Å². The smallest absolute Gasteiger partial charge is 0.310 e. The monoisotopic (exact) mass is 231 g/mol. The Morgan fingerprint density at radius 2 is 2.06 bits per heavy atom. The van der Waals surface area contributed by atoms with Gasteiger partial charge in [0, 0.05) is 19.7 Å². The van der Waals surface area contributed by atoms with Gasteiger partial charge in [0.05, 0.1) is 12.0 Å². The first-order valence-corrected chi connectivity index (χ1v) is 5.87. The SMILES string of the molecule is CCN(CC(C)(CC)C(=O)O)C(C)COC. The molecule has 0 spiro atoms. The lowest BCUT2D eigenvalue weighted by molar-refractivity contribution is -0.149. The van der Waals surface area contributed by atoms with E-state index in [4.69, 9.17) is 4.74 Å². The minimum absolute atomic E-state index is 0.250. The van der Waals surface area contributed by atoms with Gasteiger partial charge in [0.2, 0.25) is 0 Å². The molecule has 0 amide bonds. The Kier molecular flexibility index (Phi) is 6.60. The average molecular weight is 231 g/mol. The number of nitrogens with zero attached hydrogens (tertiary/aromatic N) is 1. The van der Waals surface area contributed by atoms with Crippen LogP contribution < -0.4 is 0 Å². The third-order valence-electron chi connectivity index (χ3n) is 3.29. The first kappa shape index (κ1) is 15.4. The molecule has 0 saturated heterocycles. The van der Waals surface area contributed by atoms with Gasteiger partial charge in [-0.05, 0) is 26.8 Å². The van der Waals surface area contributed by atoms with E-state index in [0.29, 0.717) is 19.6 Å². The van der Waals surface area contributed by atoms with E-state index < -0.39 is 11.4 Å². The zero-order valence-electron chi connectivity index (χ0n) is 11.1. The zero-order chi connectivity index (χ0) is 12.8. The summed E-state index contributed by atoms with van der Waals surface area (Å²) in [6.45, 7) is 9.87. The van der Waals surface area contributed by atoms with Crippen molar-refractivity contribution in [2.75, 3.05) is 26.8 Å². The standard InChI is InChI=1S/C12H25NO3/c1-6-12(4,11(14)15)9-13(7-2)10(3)8-16-5/h10H,6-9H2,1-5H3,(H,14,15). The first-order chi connectivity index (χ1) is 7.41. The predicted molar refractivity (Wildman–Crippen MR) is 64.6 cm³/mol. The fraction of sp³-hybridized carbons (Fsp3) is 0.917. The van der Waals surface area contributed by atoms with Crippen LogP contribution in [0.5, 0.6) is 0 Å². The van der Waals surface area contributed by atoms with Crippen LogP contribution in [0.1, 0.15) is 34.1 Å². The van der Waals surface area contributed by atoms with Crippen molar-refractivity contribution in [1.82, 2.24) is 4.90 Å². The molecule has 2 unspecified atom stereocenters. The molecule has 0 aliphatic carbocycles. The summed E-state index contributed by atoms with van der Waals surface area (Å²) in [5.41, 5.74) is -0.669. The lowest BCUT2D eigenvalue weighted by Crippen LogP contribution is -2.46. The van der Waals surface area contributed by atoms with Crippen LogP contribution in [0.3, 0.4) is 0 Å². The van der Waals surface area contributed by atoms with Gasteiger partial charge in [-0.2, -0.15) is 0 Å². The summed E-state index contributed by atoms with van der Waals surface area (Å²) in [5.74, 6) is -0.724. The Morgan fingerprint density at radius 3 is 2.38 bits per heavy atom. The maximum Gasteiger partial charge on any atom is 0.310 e. The van der Waals surface area contributed by atoms with E-state index in [2.05, 4.69) is 11.8 Å². The van der Waals surface area contributed by atoms with Gasteiger partial charge < -0.3 is 9.84 Å². The molecule has 0 rings (SSSR count). The molecule has 1 N–H and O–H groups in total. The summed E-state index contributed by atoms with van der Waals surface area (Å²) in [6, 6.07) is 0.250. The van der Waals surface area contributed by atoms with E-state index in [1.165, 1.54) is 0 Å². The lowest BCUT2D eigenvalue weighted by atomic mass is 9.86. The highest BCUT2D eigenvalue weighted by Gasteiger charge is 2.34. The molecule has 0 saturated carbocycles. The van der Waals surface area contributed by atoms with Crippen molar-refractivity contribution < 1.29 is 14.6 Å². The van der Waals surface area contributed by atoms with Crippen molar-refractivity contribution >= 4 is 5.97 Å². The minimum atomic E-state index is -0.724. The molecular formula is C12H25NO3. The molecule has 0 radical (unpaired) electrons. The fourth-order valence-corrected chi connectivity index (χ4v) is 1.70. The number of rotatable bonds is 8. The third kappa shape index (κ3) is 4.10. The van der Waals surface area contributed by atoms with Crippen LogP contribution in [-0.4, -0.2) is 48.8 Å². The largest absolute Gasteiger partial charge is 0.481 e. The van der Waals surface area contributed by atoms with E-state index in [1.54, 1.807) is 14.0 Å². The summed E-state index contributed by atoms with van der Waals surface area (Å²) in [6.07, 6.45) is 0.637. The number of carbonyl (C=O) groups is 1. The van der Waals surface area contributed by atoms with Crippen molar-refractivity contribution in [3.05, 3.63) is 0 Å². The molecule has 0 fully saturated rings. The molecule has 0 aromatic carbocycles. The lowest BCUT2D eigenvalue weighted by Gasteiger charge is -2.34. The van der Waals surface area contributed by atoms with Gasteiger partial charge in [0.1, 0.15) is 0 Å². The number of aliphatic carboxylic acids is 1. The van der Waals surface area contributed by atoms with Crippen molar-refractivity contribution in [1.29, 1.82) is 0 Å². The van der Waals surface area contributed by atoms with Gasteiger partial charge in [0.15, 0.2) is 0 Å². The highest BCUT2D eigenvalue weighted by molar-refractivity contribution is 5.74. The quantitative estimate of drug-likeness (QED) is 0.692. The molecule has 4 heteroatoms. The van der Waals surface area contributed by atoms with E-state index >= 15 is 0 Å². The number of ether oxygens (including phenoxy) is 1. The first-order valence-electron chi connectivity index (χ1n) is 5.87. The molecule has 0 aliphatic rings. The number of hydrogen-bond acceptors (Lipinski definition) is 3. The number of carboxylic acids is 1. The molecule has 4 nitrogen and oxygen atoms in total. The molecule has 0 aromatic rings. The Hall–Kier alpha value is -0.610. The van der Waals surface area contributed by atoms with E-state index in [9.17, 15) is 9.90 Å². The summed E-state index contributed by atoms with van der Waals surface area (Å²) in [5, 5.41) is 9.23. The maximum absolute atomic E-state index is 11.2. The highest BCUT2D eigenvalue weighted by atomic mass is 16.5. The Balaban J connectivity index is 4.56. The van der Waals surface area contributed by atoms with Crippen LogP contribution in [0.15, 0.2) is 0 Å². The molecule has 0 aliphatic heterocycles. The van der Waals surface area contributed by atoms with Crippen LogP contribution in [0.4, 0.5) is 0 Å². The number of methoxy groups -OCH3 is 1. The van der Waals surface area contributed by atoms with Crippen molar-refractivity contribution in [3.63, 3.8) is 0 Å². The molecular weight excluding hydrogens is 206 g/mol. The van der Waals surface area contributed by atoms with Crippen LogP contribution in [0.2, 0.25) is 0 Å². The van der Waals surface area contributed by atoms with Crippen LogP contribution in [-0.2, 0) is 9.53 Å². The number of likely N-dealkylation sites (N-methyl/N-ethyl adjacent to an activating group) is 1. The van der Waals surface area contributed by atoms with Gasteiger partial charge in [-0.3, -0.25) is 9.69 Å². The van der Waals surface area contributed by atoms with Gasteiger partial charge in [0.25, 0.3) is 0 Å². The van der Waals surface area contributed by atoms with Crippen molar-refractivity contribution in [2.45, 2.75) is 40.2 Å². The molecule has 0 heterocycles. The van der Waals surface area contributed by atoms with Crippen molar-refractivity contribution in [3.8, 4) is 0 Å². The highest BCUT2D eigenvalue weighted by Crippen LogP contribution is 2.23. The van der Waals surface area contributed by atoms with Crippen molar-refractivity contribution in [2.24, 2.45) is 5.41 Å². The summed E-state index contributed by atoms with van der Waals surface area (Å²) in [7, 11) is 1.67. The topological polar surface area (TPSA) is 49.8 Å². The summed E-state index contributed by atoms with van der Waals surface area (Å²) < 4.78 is 5.11. The van der Waals surface area contributed by atoms with Gasteiger partial charge in [-0.15, -0.1) is 0 Å². The average Bonchev–Trinajstić information content (AvgIpc) is 2.25. The minimum Gasteiger partial charge on any atom is -0.481 e. The van der Waals surface area contributed by atoms with Crippen LogP contribution in [0.25, 0.3) is 0 Å². The zero-order valence-corrected chi connectivity index (χ0v) is 11.1. The summed E-state index contributed by atoms with van der Waals surface area (Å²) >= 11 is 0. The molecule has 0 aromatic heterocycles. The van der Waals surface area contributed by atoms with Gasteiger partial charge in [-0.25, -0.2) is 0 Å². The molecule has 2 atom stereocenters. The Morgan fingerprint density at radius 1 is 1.50 bits per heavy atom. The van der Waals surface area contributed by atoms with Crippen LogP contribution >= 0.6 is 0 Å². The molecule has 96 valence electrons. The second-order valence-electron chi connectivity index (χ2n) is 4.59.